The quantitative estimate of drug-likeness (QED) is 0.787. The van der Waals surface area contributed by atoms with E-state index in [4.69, 9.17) is 16.7 Å². The fourth-order valence-corrected chi connectivity index (χ4v) is 1.66. The van der Waals surface area contributed by atoms with Gasteiger partial charge in [0.25, 0.3) is 0 Å². The van der Waals surface area contributed by atoms with Crippen molar-refractivity contribution in [3.8, 4) is 0 Å². The number of carboxylic acid groups (broad SMARTS) is 1. The Hall–Kier alpha value is -1.07. The van der Waals surface area contributed by atoms with Gasteiger partial charge in [0.15, 0.2) is 0 Å². The number of aromatic nitrogens is 2. The minimum absolute atomic E-state index is 0.0804. The van der Waals surface area contributed by atoms with Crippen molar-refractivity contribution in [2.45, 2.75) is 19.9 Å². The highest BCUT2D eigenvalue weighted by atomic mass is 35.5. The van der Waals surface area contributed by atoms with Crippen LogP contribution in [0.1, 0.15) is 18.3 Å². The first kappa shape index (κ1) is 12.0. The van der Waals surface area contributed by atoms with E-state index in [0.717, 1.165) is 17.8 Å². The van der Waals surface area contributed by atoms with Crippen LogP contribution in [0, 0.1) is 0 Å². The van der Waals surface area contributed by atoms with Crippen molar-refractivity contribution in [2.75, 3.05) is 6.54 Å². The van der Waals surface area contributed by atoms with Crippen LogP contribution in [0.5, 0.6) is 0 Å². The van der Waals surface area contributed by atoms with Gasteiger partial charge >= 0.3 is 5.97 Å². The molecule has 6 heteroatoms. The molecule has 0 unspecified atom stereocenters. The molecule has 0 amide bonds. The molecule has 1 rings (SSSR count). The summed E-state index contributed by atoms with van der Waals surface area (Å²) in [6.07, 6.45) is 0.769. The number of nitrogens with one attached hydrogen (secondary N) is 1. The van der Waals surface area contributed by atoms with E-state index >= 15 is 0 Å². The van der Waals surface area contributed by atoms with E-state index in [-0.39, 0.29) is 6.54 Å². The number of aliphatic carboxylic acids is 1. The summed E-state index contributed by atoms with van der Waals surface area (Å²) < 4.78 is 1.68. The molecule has 0 radical (unpaired) electrons. The van der Waals surface area contributed by atoms with Gasteiger partial charge in [0, 0.05) is 13.6 Å². The van der Waals surface area contributed by atoms with Crippen molar-refractivity contribution in [3.05, 3.63) is 16.4 Å². The van der Waals surface area contributed by atoms with E-state index in [9.17, 15) is 4.79 Å². The summed E-state index contributed by atoms with van der Waals surface area (Å²) in [5, 5.41) is 16.1. The molecular weight excluding hydrogens is 218 g/mol. The number of hydrogen-bond donors (Lipinski definition) is 2. The Morgan fingerprint density at radius 2 is 2.33 bits per heavy atom. The Morgan fingerprint density at radius 3 is 2.80 bits per heavy atom. The lowest BCUT2D eigenvalue weighted by Crippen LogP contribution is -2.23. The summed E-state index contributed by atoms with van der Waals surface area (Å²) in [6, 6.07) is 0. The van der Waals surface area contributed by atoms with Crippen LogP contribution in [0.4, 0.5) is 0 Å². The van der Waals surface area contributed by atoms with Gasteiger partial charge in [0.2, 0.25) is 0 Å². The lowest BCUT2D eigenvalue weighted by atomic mass is 10.3. The summed E-state index contributed by atoms with van der Waals surface area (Å²) in [7, 11) is 1.79. The average molecular weight is 232 g/mol. The minimum atomic E-state index is -0.885. The third kappa shape index (κ3) is 2.94. The fourth-order valence-electron chi connectivity index (χ4n) is 1.30. The first-order valence-electron chi connectivity index (χ1n) is 4.69. The number of hydrogen-bond acceptors (Lipinski definition) is 3. The van der Waals surface area contributed by atoms with Crippen molar-refractivity contribution in [2.24, 2.45) is 7.05 Å². The topological polar surface area (TPSA) is 67.2 Å². The molecule has 84 valence electrons. The maximum Gasteiger partial charge on any atom is 0.317 e. The van der Waals surface area contributed by atoms with Crippen molar-refractivity contribution < 1.29 is 9.90 Å². The molecule has 0 fully saturated rings. The molecule has 0 spiro atoms. The van der Waals surface area contributed by atoms with Gasteiger partial charge in [-0.2, -0.15) is 5.10 Å². The number of aryl methyl sites for hydroxylation is 2. The van der Waals surface area contributed by atoms with E-state index in [1.165, 1.54) is 0 Å². The van der Waals surface area contributed by atoms with E-state index < -0.39 is 5.97 Å². The molecule has 0 aliphatic heterocycles. The number of carboxylic acids is 1. The lowest BCUT2D eigenvalue weighted by molar-refractivity contribution is -0.136. The largest absolute Gasteiger partial charge is 0.480 e. The first-order valence-corrected chi connectivity index (χ1v) is 5.06. The Kier molecular flexibility index (Phi) is 4.11. The summed E-state index contributed by atoms with van der Waals surface area (Å²) in [4.78, 5) is 10.3. The molecule has 0 saturated carbocycles. The zero-order valence-corrected chi connectivity index (χ0v) is 9.51. The molecular formula is C9H14ClN3O2. The van der Waals surface area contributed by atoms with Crippen LogP contribution in [-0.2, 0) is 24.8 Å². The van der Waals surface area contributed by atoms with Crippen LogP contribution in [-0.4, -0.2) is 27.4 Å². The highest BCUT2D eigenvalue weighted by molar-refractivity contribution is 6.31. The van der Waals surface area contributed by atoms with E-state index in [1.807, 2.05) is 6.92 Å². The number of halogens is 1. The Balaban J connectivity index is 2.68. The van der Waals surface area contributed by atoms with Crippen LogP contribution in [0.25, 0.3) is 0 Å². The van der Waals surface area contributed by atoms with Gasteiger partial charge in [-0.1, -0.05) is 18.5 Å². The van der Waals surface area contributed by atoms with Crippen molar-refractivity contribution in [3.63, 3.8) is 0 Å². The average Bonchev–Trinajstić information content (AvgIpc) is 2.44. The molecule has 0 bridgehead atoms. The number of carbonyl (C=O) groups is 1. The summed E-state index contributed by atoms with van der Waals surface area (Å²) in [5.41, 5.74) is 1.65. The Labute approximate surface area is 93.0 Å². The van der Waals surface area contributed by atoms with Gasteiger partial charge in [0.05, 0.1) is 23.0 Å². The monoisotopic (exact) mass is 231 g/mol. The van der Waals surface area contributed by atoms with Crippen LogP contribution in [0.3, 0.4) is 0 Å². The predicted molar refractivity (Wildman–Crippen MR) is 56.9 cm³/mol. The van der Waals surface area contributed by atoms with Crippen molar-refractivity contribution >= 4 is 17.6 Å². The third-order valence-corrected chi connectivity index (χ3v) is 2.51. The molecule has 0 atom stereocenters. The van der Waals surface area contributed by atoms with Crippen LogP contribution in [0.15, 0.2) is 0 Å². The summed E-state index contributed by atoms with van der Waals surface area (Å²) >= 11 is 6.07. The van der Waals surface area contributed by atoms with Gasteiger partial charge in [-0.25, -0.2) is 0 Å². The molecule has 0 aliphatic rings. The molecule has 2 N–H and O–H groups in total. The SMILES string of the molecule is CCc1nn(C)c(CNCC(=O)O)c1Cl. The molecule has 5 nitrogen and oxygen atoms in total. The Bertz CT molecular complexity index is 362. The minimum Gasteiger partial charge on any atom is -0.480 e. The molecule has 1 aromatic heterocycles. The number of nitrogens with zero attached hydrogens (tertiary/aromatic N) is 2. The second-order valence-electron chi connectivity index (χ2n) is 3.18. The Morgan fingerprint density at radius 1 is 1.67 bits per heavy atom. The van der Waals surface area contributed by atoms with Gasteiger partial charge in [-0.05, 0) is 6.42 Å². The van der Waals surface area contributed by atoms with Gasteiger partial charge in [-0.3, -0.25) is 9.48 Å². The second-order valence-corrected chi connectivity index (χ2v) is 3.56. The van der Waals surface area contributed by atoms with Gasteiger partial charge in [-0.15, -0.1) is 0 Å². The van der Waals surface area contributed by atoms with E-state index in [1.54, 1.807) is 11.7 Å². The maximum atomic E-state index is 10.3. The second kappa shape index (κ2) is 5.14. The molecule has 0 aromatic carbocycles. The van der Waals surface area contributed by atoms with E-state index in [2.05, 4.69) is 10.4 Å². The number of rotatable bonds is 5. The van der Waals surface area contributed by atoms with Crippen LogP contribution >= 0.6 is 11.6 Å². The normalized spacial score (nSPS) is 10.6. The van der Waals surface area contributed by atoms with Crippen LogP contribution in [0.2, 0.25) is 5.02 Å². The van der Waals surface area contributed by atoms with E-state index in [0.29, 0.717) is 11.6 Å². The molecule has 1 heterocycles. The smallest absolute Gasteiger partial charge is 0.317 e. The highest BCUT2D eigenvalue weighted by Gasteiger charge is 2.12. The zero-order chi connectivity index (χ0) is 11.4. The third-order valence-electron chi connectivity index (χ3n) is 2.07. The zero-order valence-electron chi connectivity index (χ0n) is 8.75. The van der Waals surface area contributed by atoms with Crippen LogP contribution < -0.4 is 5.32 Å². The fraction of sp³-hybridized carbons (Fsp3) is 0.556. The van der Waals surface area contributed by atoms with Gasteiger partial charge in [0.1, 0.15) is 0 Å². The standard InChI is InChI=1S/C9H14ClN3O2/c1-3-6-9(10)7(13(2)12-6)4-11-5-8(14)15/h11H,3-5H2,1-2H3,(H,14,15). The maximum absolute atomic E-state index is 10.3. The van der Waals surface area contributed by atoms with Crippen molar-refractivity contribution in [1.29, 1.82) is 0 Å². The van der Waals surface area contributed by atoms with Crippen molar-refractivity contribution in [1.82, 2.24) is 15.1 Å². The molecule has 1 aromatic rings. The summed E-state index contributed by atoms with van der Waals surface area (Å²) in [6.45, 7) is 2.31. The van der Waals surface area contributed by atoms with Gasteiger partial charge < -0.3 is 10.4 Å². The highest BCUT2D eigenvalue weighted by Crippen LogP contribution is 2.20. The predicted octanol–water partition coefficient (Wildman–Crippen LogP) is 0.810. The lowest BCUT2D eigenvalue weighted by Gasteiger charge is -2.02. The summed E-state index contributed by atoms with van der Waals surface area (Å²) in [5.74, 6) is -0.885. The first-order chi connectivity index (χ1) is 7.06. The molecule has 0 aliphatic carbocycles. The molecule has 15 heavy (non-hydrogen) atoms. The molecule has 0 saturated heterocycles.